The summed E-state index contributed by atoms with van der Waals surface area (Å²) >= 11 is 0. The van der Waals surface area contributed by atoms with Gasteiger partial charge in [-0.1, -0.05) is 12.1 Å². The largest absolute Gasteiger partial charge is 0.491 e. The lowest BCUT2D eigenvalue weighted by Crippen LogP contribution is -2.31. The lowest BCUT2D eigenvalue weighted by atomic mass is 10.1. The Labute approximate surface area is 154 Å². The fourth-order valence-corrected chi connectivity index (χ4v) is 2.73. The van der Waals surface area contributed by atoms with E-state index in [9.17, 15) is 14.3 Å². The van der Waals surface area contributed by atoms with Crippen molar-refractivity contribution in [3.8, 4) is 11.6 Å². The van der Waals surface area contributed by atoms with Crippen molar-refractivity contribution < 1.29 is 23.8 Å². The van der Waals surface area contributed by atoms with Gasteiger partial charge >= 0.3 is 5.97 Å². The van der Waals surface area contributed by atoms with E-state index in [0.717, 1.165) is 6.07 Å². The van der Waals surface area contributed by atoms with Crippen LogP contribution in [0.25, 0.3) is 10.9 Å². The minimum Gasteiger partial charge on any atom is -0.491 e. The normalized spacial score (nSPS) is 12.0. The van der Waals surface area contributed by atoms with Crippen LogP contribution in [0.5, 0.6) is 11.6 Å². The highest BCUT2D eigenvalue weighted by molar-refractivity contribution is 6.05. The minimum absolute atomic E-state index is 0.00955. The van der Waals surface area contributed by atoms with Crippen molar-refractivity contribution in [1.29, 1.82) is 0 Å². The first-order valence-corrected chi connectivity index (χ1v) is 8.18. The standard InChI is InChI=1S/C19H18FN3O4/c1-26-16-6-2-4-12(23-16)8-11(21)10-27-15-9-14(20)18-13(5-3-7-22-18)17(15)19(24)25/h2-7,9,11H,8,10,21H2,1H3,(H,24,25)/t11-/m1/s1. The van der Waals surface area contributed by atoms with E-state index in [0.29, 0.717) is 18.0 Å². The van der Waals surface area contributed by atoms with Gasteiger partial charge in [0.05, 0.1) is 7.11 Å². The number of hydrogen-bond donors (Lipinski definition) is 2. The lowest BCUT2D eigenvalue weighted by molar-refractivity contribution is 0.0694. The van der Waals surface area contributed by atoms with Crippen LogP contribution in [0.1, 0.15) is 16.1 Å². The molecule has 8 heteroatoms. The predicted molar refractivity (Wildman–Crippen MR) is 96.6 cm³/mol. The summed E-state index contributed by atoms with van der Waals surface area (Å²) < 4.78 is 24.9. The Morgan fingerprint density at radius 3 is 2.89 bits per heavy atom. The topological polar surface area (TPSA) is 108 Å². The fraction of sp³-hybridized carbons (Fsp3) is 0.211. The summed E-state index contributed by atoms with van der Waals surface area (Å²) in [5, 5.41) is 9.70. The zero-order valence-electron chi connectivity index (χ0n) is 14.6. The zero-order valence-corrected chi connectivity index (χ0v) is 14.6. The highest BCUT2D eigenvalue weighted by Crippen LogP contribution is 2.29. The number of nitrogens with two attached hydrogens (primary N) is 1. The summed E-state index contributed by atoms with van der Waals surface area (Å²) in [6, 6.07) is 8.89. The number of aromatic carboxylic acids is 1. The predicted octanol–water partition coefficient (Wildman–Crippen LogP) is 2.42. The zero-order chi connectivity index (χ0) is 19.4. The van der Waals surface area contributed by atoms with Crippen molar-refractivity contribution in [2.24, 2.45) is 5.73 Å². The minimum atomic E-state index is -1.23. The number of pyridine rings is 2. The number of rotatable bonds is 7. The second-order valence-corrected chi connectivity index (χ2v) is 5.88. The molecule has 3 rings (SSSR count). The van der Waals surface area contributed by atoms with Crippen molar-refractivity contribution in [2.45, 2.75) is 12.5 Å². The molecule has 0 aliphatic rings. The first kappa shape index (κ1) is 18.5. The molecule has 0 bridgehead atoms. The summed E-state index contributed by atoms with van der Waals surface area (Å²) in [6.45, 7) is -0.00955. The summed E-state index contributed by atoms with van der Waals surface area (Å²) in [4.78, 5) is 19.8. The van der Waals surface area contributed by atoms with E-state index in [1.165, 1.54) is 25.4 Å². The average molecular weight is 371 g/mol. The van der Waals surface area contributed by atoms with Crippen LogP contribution in [-0.2, 0) is 6.42 Å². The number of carbonyl (C=O) groups is 1. The van der Waals surface area contributed by atoms with Crippen LogP contribution < -0.4 is 15.2 Å². The van der Waals surface area contributed by atoms with Crippen LogP contribution >= 0.6 is 0 Å². The van der Waals surface area contributed by atoms with Gasteiger partial charge in [-0.05, 0) is 12.1 Å². The molecule has 0 aliphatic heterocycles. The van der Waals surface area contributed by atoms with E-state index < -0.39 is 17.8 Å². The third-order valence-corrected chi connectivity index (χ3v) is 3.94. The fourth-order valence-electron chi connectivity index (χ4n) is 2.73. The molecule has 0 unspecified atom stereocenters. The Kier molecular flexibility index (Phi) is 5.46. The van der Waals surface area contributed by atoms with E-state index in [4.69, 9.17) is 15.2 Å². The molecular formula is C19H18FN3O4. The second-order valence-electron chi connectivity index (χ2n) is 5.88. The van der Waals surface area contributed by atoms with Crippen molar-refractivity contribution >= 4 is 16.9 Å². The van der Waals surface area contributed by atoms with Crippen molar-refractivity contribution in [2.75, 3.05) is 13.7 Å². The lowest BCUT2D eigenvalue weighted by Gasteiger charge is -2.16. The Hall–Kier alpha value is -3.26. The van der Waals surface area contributed by atoms with Gasteiger partial charge < -0.3 is 20.3 Å². The van der Waals surface area contributed by atoms with Crippen LogP contribution in [0.4, 0.5) is 4.39 Å². The summed E-state index contributed by atoms with van der Waals surface area (Å²) in [5.74, 6) is -1.51. The molecule has 2 aromatic heterocycles. The first-order chi connectivity index (χ1) is 13.0. The van der Waals surface area contributed by atoms with E-state index >= 15 is 0 Å². The molecule has 140 valence electrons. The molecule has 2 heterocycles. The molecule has 1 aromatic carbocycles. The van der Waals surface area contributed by atoms with Crippen LogP contribution in [0.2, 0.25) is 0 Å². The van der Waals surface area contributed by atoms with Crippen molar-refractivity contribution in [3.63, 3.8) is 0 Å². The molecule has 0 fully saturated rings. The van der Waals surface area contributed by atoms with Gasteiger partial charge in [-0.15, -0.1) is 0 Å². The van der Waals surface area contributed by atoms with E-state index in [-0.39, 0.29) is 28.8 Å². The molecule has 0 radical (unpaired) electrons. The molecule has 0 aliphatic carbocycles. The summed E-state index contributed by atoms with van der Waals surface area (Å²) in [7, 11) is 1.52. The molecule has 0 saturated heterocycles. The molecule has 0 amide bonds. The molecular weight excluding hydrogens is 353 g/mol. The number of aromatic nitrogens is 2. The number of ether oxygens (including phenoxy) is 2. The Balaban J connectivity index is 1.80. The van der Waals surface area contributed by atoms with Gasteiger partial charge in [-0.3, -0.25) is 4.98 Å². The van der Waals surface area contributed by atoms with E-state index in [1.807, 2.05) is 0 Å². The highest BCUT2D eigenvalue weighted by atomic mass is 19.1. The number of hydrogen-bond acceptors (Lipinski definition) is 6. The maximum absolute atomic E-state index is 14.3. The Morgan fingerprint density at radius 2 is 2.15 bits per heavy atom. The van der Waals surface area contributed by atoms with Crippen molar-refractivity contribution in [1.82, 2.24) is 9.97 Å². The van der Waals surface area contributed by atoms with Crippen molar-refractivity contribution in [3.05, 3.63) is 59.7 Å². The van der Waals surface area contributed by atoms with Crippen LogP contribution in [0.3, 0.4) is 0 Å². The first-order valence-electron chi connectivity index (χ1n) is 8.18. The van der Waals surface area contributed by atoms with Gasteiger partial charge in [0.2, 0.25) is 5.88 Å². The van der Waals surface area contributed by atoms with Gasteiger partial charge in [-0.25, -0.2) is 14.2 Å². The highest BCUT2D eigenvalue weighted by Gasteiger charge is 2.20. The van der Waals surface area contributed by atoms with Crippen LogP contribution in [0.15, 0.2) is 42.6 Å². The maximum Gasteiger partial charge on any atom is 0.340 e. The smallest absolute Gasteiger partial charge is 0.340 e. The van der Waals surface area contributed by atoms with Gasteiger partial charge in [0.25, 0.3) is 0 Å². The number of carboxylic acids is 1. The third kappa shape index (κ3) is 4.12. The van der Waals surface area contributed by atoms with Gasteiger partial charge in [-0.2, -0.15) is 0 Å². The molecule has 27 heavy (non-hydrogen) atoms. The van der Waals surface area contributed by atoms with E-state index in [1.54, 1.807) is 18.2 Å². The number of nitrogens with zero attached hydrogens (tertiary/aromatic N) is 2. The number of methoxy groups -OCH3 is 1. The third-order valence-electron chi connectivity index (χ3n) is 3.94. The van der Waals surface area contributed by atoms with Gasteiger partial charge in [0, 0.05) is 41.9 Å². The number of carboxylic acid groups (broad SMARTS) is 1. The molecule has 0 saturated carbocycles. The van der Waals surface area contributed by atoms with Crippen LogP contribution in [-0.4, -0.2) is 40.8 Å². The summed E-state index contributed by atoms with van der Waals surface area (Å²) in [5.41, 5.74) is 6.60. The average Bonchev–Trinajstić information content (AvgIpc) is 2.66. The van der Waals surface area contributed by atoms with E-state index in [2.05, 4.69) is 9.97 Å². The Bertz CT molecular complexity index is 980. The molecule has 3 aromatic rings. The van der Waals surface area contributed by atoms with Gasteiger partial charge in [0.15, 0.2) is 5.82 Å². The SMILES string of the molecule is COc1cccc(C[C@@H](N)COc2cc(F)c3ncccc3c2C(=O)O)n1. The molecule has 0 spiro atoms. The maximum atomic E-state index is 14.3. The summed E-state index contributed by atoms with van der Waals surface area (Å²) in [6.07, 6.45) is 1.78. The molecule has 3 N–H and O–H groups in total. The van der Waals surface area contributed by atoms with Gasteiger partial charge in [0.1, 0.15) is 23.4 Å². The molecule has 7 nitrogen and oxygen atoms in total. The number of halogens is 1. The monoisotopic (exact) mass is 371 g/mol. The second kappa shape index (κ2) is 7.96. The Morgan fingerprint density at radius 1 is 1.33 bits per heavy atom. The quantitative estimate of drug-likeness (QED) is 0.657. The number of benzene rings is 1. The molecule has 1 atom stereocenters. The number of fused-ring (bicyclic) bond motifs is 1. The van der Waals surface area contributed by atoms with Crippen LogP contribution in [0, 0.1) is 5.82 Å².